The fraction of sp³-hybridized carbons (Fsp3) is 0. The highest BCUT2D eigenvalue weighted by Crippen LogP contribution is 2.48. The molecule has 3 heteroatoms. The van der Waals surface area contributed by atoms with Crippen LogP contribution in [0.5, 0.6) is 0 Å². The third-order valence-corrected chi connectivity index (χ3v) is 12.4. The first-order chi connectivity index (χ1) is 28.3. The Balaban J connectivity index is 1.18. The van der Waals surface area contributed by atoms with Gasteiger partial charge in [0.2, 0.25) is 0 Å². The predicted octanol–water partition coefficient (Wildman–Crippen LogP) is 15.6. The van der Waals surface area contributed by atoms with E-state index in [-0.39, 0.29) is 0 Å². The topological polar surface area (TPSA) is 8.17 Å². The maximum absolute atomic E-state index is 2.48. The van der Waals surface area contributed by atoms with E-state index in [1.165, 1.54) is 69.8 Å². The number of aromatic nitrogens is 1. The van der Waals surface area contributed by atoms with Gasteiger partial charge in [0.15, 0.2) is 0 Å². The van der Waals surface area contributed by atoms with Crippen molar-refractivity contribution in [2.45, 2.75) is 0 Å². The second-order valence-corrected chi connectivity index (χ2v) is 15.5. The van der Waals surface area contributed by atoms with Crippen molar-refractivity contribution in [3.63, 3.8) is 0 Å². The quantitative estimate of drug-likeness (QED) is 0.158. The van der Waals surface area contributed by atoms with Crippen molar-refractivity contribution in [2.24, 2.45) is 0 Å². The molecule has 0 atom stereocenters. The van der Waals surface area contributed by atoms with Gasteiger partial charge in [0.05, 0.1) is 28.1 Å². The third-order valence-electron chi connectivity index (χ3n) is 11.2. The lowest BCUT2D eigenvalue weighted by Crippen LogP contribution is -2.11. The average molecular weight is 745 g/mol. The van der Waals surface area contributed by atoms with Crippen LogP contribution < -0.4 is 4.90 Å². The second kappa shape index (κ2) is 13.8. The predicted molar refractivity (Wildman–Crippen MR) is 245 cm³/mol. The van der Waals surface area contributed by atoms with Gasteiger partial charge in [0.25, 0.3) is 0 Å². The molecule has 57 heavy (non-hydrogen) atoms. The number of anilines is 3. The lowest BCUT2D eigenvalue weighted by molar-refractivity contribution is 1.18. The summed E-state index contributed by atoms with van der Waals surface area (Å²) in [6, 6.07) is 79.3. The normalized spacial score (nSPS) is 11.5. The van der Waals surface area contributed by atoms with Gasteiger partial charge < -0.3 is 9.47 Å². The number of para-hydroxylation sites is 3. The Morgan fingerprint density at radius 1 is 0.368 bits per heavy atom. The molecule has 0 radical (unpaired) electrons. The van der Waals surface area contributed by atoms with Crippen LogP contribution in [-0.2, 0) is 0 Å². The molecular weight excluding hydrogens is 709 g/mol. The monoisotopic (exact) mass is 744 g/mol. The van der Waals surface area contributed by atoms with Crippen LogP contribution in [0.15, 0.2) is 218 Å². The summed E-state index contributed by atoms with van der Waals surface area (Å²) >= 11 is 1.88. The molecule has 0 N–H and O–H groups in total. The van der Waals surface area contributed by atoms with Crippen molar-refractivity contribution in [1.82, 2.24) is 4.57 Å². The molecule has 0 aliphatic rings. The van der Waals surface area contributed by atoms with Gasteiger partial charge in [0, 0.05) is 47.8 Å². The highest BCUT2D eigenvalue weighted by Gasteiger charge is 2.24. The number of thiophene rings is 1. The van der Waals surface area contributed by atoms with Gasteiger partial charge in [0.1, 0.15) is 0 Å². The molecule has 11 aromatic rings. The minimum Gasteiger partial charge on any atom is -0.309 e. The molecule has 0 fully saturated rings. The molecule has 2 aromatic heterocycles. The first kappa shape index (κ1) is 33.2. The van der Waals surface area contributed by atoms with Gasteiger partial charge in [-0.1, -0.05) is 164 Å². The van der Waals surface area contributed by atoms with E-state index in [0.717, 1.165) is 28.3 Å². The third kappa shape index (κ3) is 5.55. The maximum atomic E-state index is 2.48. The SMILES string of the molecule is c1ccc(-c2ccccc2N(c2ccccc2)c2cccc3c2c2ccccc2n3-c2ccc(-c3cccc4c3sc3ccccc34)cc2-c2ccccc2)cc1. The molecule has 2 nitrogen and oxygen atoms in total. The van der Waals surface area contributed by atoms with Gasteiger partial charge in [-0.15, -0.1) is 11.3 Å². The summed E-state index contributed by atoms with van der Waals surface area (Å²) in [6.45, 7) is 0. The Kier molecular flexibility index (Phi) is 8.04. The van der Waals surface area contributed by atoms with Gasteiger partial charge >= 0.3 is 0 Å². The number of nitrogens with zero attached hydrogens (tertiary/aromatic N) is 2. The molecule has 0 aliphatic heterocycles. The lowest BCUT2D eigenvalue weighted by atomic mass is 9.96. The van der Waals surface area contributed by atoms with Crippen molar-refractivity contribution in [3.05, 3.63) is 218 Å². The minimum absolute atomic E-state index is 1.11. The zero-order valence-corrected chi connectivity index (χ0v) is 31.9. The zero-order valence-electron chi connectivity index (χ0n) is 31.1. The van der Waals surface area contributed by atoms with Crippen LogP contribution in [0.4, 0.5) is 17.1 Å². The van der Waals surface area contributed by atoms with E-state index in [9.17, 15) is 0 Å². The van der Waals surface area contributed by atoms with Crippen molar-refractivity contribution < 1.29 is 0 Å². The molecule has 0 saturated heterocycles. The van der Waals surface area contributed by atoms with Crippen LogP contribution in [-0.4, -0.2) is 4.57 Å². The molecule has 0 unspecified atom stereocenters. The number of hydrogen-bond donors (Lipinski definition) is 0. The van der Waals surface area contributed by atoms with Crippen molar-refractivity contribution in [3.8, 4) is 39.1 Å². The zero-order chi connectivity index (χ0) is 37.7. The van der Waals surface area contributed by atoms with Crippen LogP contribution >= 0.6 is 11.3 Å². The summed E-state index contributed by atoms with van der Waals surface area (Å²) in [5.41, 5.74) is 14.0. The molecule has 268 valence electrons. The minimum atomic E-state index is 1.11. The Morgan fingerprint density at radius 3 is 1.75 bits per heavy atom. The van der Waals surface area contributed by atoms with E-state index >= 15 is 0 Å². The van der Waals surface area contributed by atoms with Gasteiger partial charge in [-0.25, -0.2) is 0 Å². The van der Waals surface area contributed by atoms with Gasteiger partial charge in [-0.3, -0.25) is 0 Å². The summed E-state index contributed by atoms with van der Waals surface area (Å²) in [5, 5.41) is 5.04. The van der Waals surface area contributed by atoms with Crippen molar-refractivity contribution in [1.29, 1.82) is 0 Å². The summed E-state index contributed by atoms with van der Waals surface area (Å²) < 4.78 is 5.12. The molecular formula is C54H36N2S. The fourth-order valence-corrected chi connectivity index (χ4v) is 9.92. The average Bonchev–Trinajstić information content (AvgIpc) is 3.84. The van der Waals surface area contributed by atoms with Crippen LogP contribution in [0.2, 0.25) is 0 Å². The second-order valence-electron chi connectivity index (χ2n) is 14.5. The Labute approximate surface area is 335 Å². The van der Waals surface area contributed by atoms with E-state index < -0.39 is 0 Å². The van der Waals surface area contributed by atoms with Gasteiger partial charge in [-0.05, 0) is 76.9 Å². The van der Waals surface area contributed by atoms with Crippen LogP contribution in [0, 0.1) is 0 Å². The van der Waals surface area contributed by atoms with E-state index in [2.05, 4.69) is 228 Å². The van der Waals surface area contributed by atoms with E-state index in [4.69, 9.17) is 0 Å². The largest absolute Gasteiger partial charge is 0.309 e. The fourth-order valence-electron chi connectivity index (χ4n) is 8.68. The highest BCUT2D eigenvalue weighted by atomic mass is 32.1. The molecule has 0 bridgehead atoms. The molecule has 0 saturated carbocycles. The summed E-state index contributed by atoms with van der Waals surface area (Å²) in [6.07, 6.45) is 0. The first-order valence-electron chi connectivity index (χ1n) is 19.4. The van der Waals surface area contributed by atoms with Crippen molar-refractivity contribution >= 4 is 70.4 Å². The Bertz CT molecular complexity index is 3230. The summed E-state index contributed by atoms with van der Waals surface area (Å²) in [5.74, 6) is 0. The van der Waals surface area contributed by atoms with Gasteiger partial charge in [-0.2, -0.15) is 0 Å². The lowest BCUT2D eigenvalue weighted by Gasteiger charge is -2.28. The number of hydrogen-bond acceptors (Lipinski definition) is 2. The number of fused-ring (bicyclic) bond motifs is 6. The molecule has 11 rings (SSSR count). The molecule has 0 spiro atoms. The first-order valence-corrected chi connectivity index (χ1v) is 20.3. The molecule has 2 heterocycles. The Morgan fingerprint density at radius 2 is 0.947 bits per heavy atom. The number of benzene rings is 9. The maximum Gasteiger partial charge on any atom is 0.0562 e. The molecule has 0 amide bonds. The smallest absolute Gasteiger partial charge is 0.0562 e. The molecule has 9 aromatic carbocycles. The van der Waals surface area contributed by atoms with E-state index in [1.54, 1.807) is 0 Å². The van der Waals surface area contributed by atoms with Crippen LogP contribution in [0.3, 0.4) is 0 Å². The van der Waals surface area contributed by atoms with Crippen LogP contribution in [0.25, 0.3) is 81.0 Å². The van der Waals surface area contributed by atoms with E-state index in [1.807, 2.05) is 11.3 Å². The van der Waals surface area contributed by atoms with Crippen molar-refractivity contribution in [2.75, 3.05) is 4.90 Å². The number of rotatable bonds is 7. The Hall–Kier alpha value is -7.20. The standard InChI is InChI=1S/C54H36N2S/c1-4-18-37(19-5-1)41-24-10-13-29-47(41)55(40-22-8-3-9-23-40)50-31-17-32-51-53(50)45-26-11-14-30-48(45)56(51)49-35-34-39(36-46(49)38-20-6-2-7-21-38)42-27-16-28-44-43-25-12-15-33-52(43)57-54(42)44/h1-36H. The molecule has 0 aliphatic carbocycles. The van der Waals surface area contributed by atoms with E-state index in [0.29, 0.717) is 0 Å². The van der Waals surface area contributed by atoms with Crippen LogP contribution in [0.1, 0.15) is 0 Å². The summed E-state index contributed by atoms with van der Waals surface area (Å²) in [7, 11) is 0. The summed E-state index contributed by atoms with van der Waals surface area (Å²) in [4.78, 5) is 2.44. The highest BCUT2D eigenvalue weighted by molar-refractivity contribution is 7.26.